The van der Waals surface area contributed by atoms with Crippen LogP contribution in [0.25, 0.3) is 0 Å². The maximum absolute atomic E-state index is 12.7. The highest BCUT2D eigenvalue weighted by molar-refractivity contribution is 6.31. The molecule has 0 aliphatic carbocycles. The van der Waals surface area contributed by atoms with Gasteiger partial charge in [-0.15, -0.1) is 5.10 Å². The molecular formula is C20H25ClN6O3. The lowest BCUT2D eigenvalue weighted by atomic mass is 10.2. The lowest BCUT2D eigenvalue weighted by Gasteiger charge is -2.35. The number of nitrogens with one attached hydrogen (secondary N) is 1. The van der Waals surface area contributed by atoms with Crippen molar-refractivity contribution in [3.8, 4) is 5.75 Å². The van der Waals surface area contributed by atoms with Crippen LogP contribution in [0.4, 0.5) is 22.0 Å². The van der Waals surface area contributed by atoms with Crippen LogP contribution in [0.15, 0.2) is 30.5 Å². The summed E-state index contributed by atoms with van der Waals surface area (Å²) in [6, 6.07) is 7.02. The van der Waals surface area contributed by atoms with E-state index < -0.39 is 0 Å². The zero-order valence-corrected chi connectivity index (χ0v) is 17.6. The molecule has 10 heteroatoms. The third-order valence-corrected chi connectivity index (χ3v) is 5.53. The monoisotopic (exact) mass is 432 g/mol. The molecule has 3 heterocycles. The van der Waals surface area contributed by atoms with E-state index >= 15 is 0 Å². The molecule has 0 spiro atoms. The van der Waals surface area contributed by atoms with Crippen molar-refractivity contribution < 1.29 is 14.3 Å². The number of ether oxygens (including phenoxy) is 2. The Kier molecular flexibility index (Phi) is 6.39. The van der Waals surface area contributed by atoms with E-state index in [9.17, 15) is 4.79 Å². The molecule has 1 N–H and O–H groups in total. The van der Waals surface area contributed by atoms with E-state index in [0.717, 1.165) is 37.8 Å². The number of hydrogen-bond donors (Lipinski definition) is 1. The van der Waals surface area contributed by atoms with Crippen LogP contribution in [0, 0.1) is 0 Å². The second kappa shape index (κ2) is 9.36. The standard InChI is InChI=1S/C20H25ClN6O3/c1-29-18-3-2-15(21)12-17(18)23-20(28)27-6-4-26(5-7-27)19-13-16(14-22-24-19)25-8-10-30-11-9-25/h2-3,12-14H,4-11H2,1H3,(H,23,28). The van der Waals surface area contributed by atoms with E-state index in [-0.39, 0.29) is 6.03 Å². The molecule has 1 aromatic heterocycles. The zero-order valence-electron chi connectivity index (χ0n) is 16.9. The van der Waals surface area contributed by atoms with Crippen LogP contribution in [0.3, 0.4) is 0 Å². The van der Waals surface area contributed by atoms with E-state index in [4.69, 9.17) is 21.1 Å². The number of nitrogens with zero attached hydrogens (tertiary/aromatic N) is 5. The predicted molar refractivity (Wildman–Crippen MR) is 116 cm³/mol. The highest BCUT2D eigenvalue weighted by atomic mass is 35.5. The van der Waals surface area contributed by atoms with Crippen molar-refractivity contribution in [2.24, 2.45) is 0 Å². The topological polar surface area (TPSA) is 83.1 Å². The summed E-state index contributed by atoms with van der Waals surface area (Å²) in [7, 11) is 1.56. The van der Waals surface area contributed by atoms with Crippen LogP contribution in [0.5, 0.6) is 5.75 Å². The number of aromatic nitrogens is 2. The second-order valence-corrected chi connectivity index (χ2v) is 7.56. The van der Waals surface area contributed by atoms with Crippen molar-refractivity contribution in [1.29, 1.82) is 0 Å². The number of rotatable bonds is 4. The second-order valence-electron chi connectivity index (χ2n) is 7.12. The van der Waals surface area contributed by atoms with Gasteiger partial charge in [0, 0.05) is 50.4 Å². The number of morpholine rings is 1. The fraction of sp³-hybridized carbons (Fsp3) is 0.450. The Morgan fingerprint density at radius 1 is 1.10 bits per heavy atom. The summed E-state index contributed by atoms with van der Waals surface area (Å²) in [4.78, 5) is 18.9. The lowest BCUT2D eigenvalue weighted by molar-refractivity contribution is 0.122. The maximum Gasteiger partial charge on any atom is 0.322 e. The first-order valence-electron chi connectivity index (χ1n) is 9.94. The van der Waals surface area contributed by atoms with Crippen molar-refractivity contribution >= 4 is 34.8 Å². The molecule has 2 aliphatic rings. The van der Waals surface area contributed by atoms with Gasteiger partial charge in [0.05, 0.1) is 37.9 Å². The van der Waals surface area contributed by atoms with Crippen LogP contribution < -0.4 is 19.9 Å². The zero-order chi connectivity index (χ0) is 20.9. The molecule has 0 radical (unpaired) electrons. The highest BCUT2D eigenvalue weighted by Crippen LogP contribution is 2.28. The molecule has 0 saturated carbocycles. The number of amides is 2. The Bertz CT molecular complexity index is 885. The van der Waals surface area contributed by atoms with Crippen molar-refractivity contribution in [2.75, 3.05) is 74.7 Å². The minimum Gasteiger partial charge on any atom is -0.495 e. The van der Waals surface area contributed by atoms with Crippen molar-refractivity contribution in [2.45, 2.75) is 0 Å². The molecule has 2 amide bonds. The summed E-state index contributed by atoms with van der Waals surface area (Å²) in [6.45, 7) is 5.68. The fourth-order valence-corrected chi connectivity index (χ4v) is 3.78. The summed E-state index contributed by atoms with van der Waals surface area (Å²) in [6.07, 6.45) is 1.79. The average Bonchev–Trinajstić information content (AvgIpc) is 2.80. The smallest absolute Gasteiger partial charge is 0.322 e. The average molecular weight is 433 g/mol. The van der Waals surface area contributed by atoms with Crippen LogP contribution in [-0.4, -0.2) is 80.7 Å². The normalized spacial score (nSPS) is 17.1. The molecule has 2 saturated heterocycles. The van der Waals surface area contributed by atoms with E-state index in [1.54, 1.807) is 36.4 Å². The molecule has 2 aromatic rings. The largest absolute Gasteiger partial charge is 0.495 e. The molecule has 0 bridgehead atoms. The van der Waals surface area contributed by atoms with Crippen molar-refractivity contribution in [1.82, 2.24) is 15.1 Å². The minimum absolute atomic E-state index is 0.177. The van der Waals surface area contributed by atoms with Gasteiger partial charge in [0.25, 0.3) is 0 Å². The molecule has 160 valence electrons. The number of carbonyl (C=O) groups excluding carboxylic acids is 1. The van der Waals surface area contributed by atoms with Crippen molar-refractivity contribution in [3.63, 3.8) is 0 Å². The van der Waals surface area contributed by atoms with E-state index in [1.807, 2.05) is 0 Å². The van der Waals surface area contributed by atoms with Crippen LogP contribution in [-0.2, 0) is 4.74 Å². The summed E-state index contributed by atoms with van der Waals surface area (Å²) < 4.78 is 10.7. The number of methoxy groups -OCH3 is 1. The highest BCUT2D eigenvalue weighted by Gasteiger charge is 2.24. The number of hydrogen-bond acceptors (Lipinski definition) is 7. The number of piperazine rings is 1. The number of benzene rings is 1. The quantitative estimate of drug-likeness (QED) is 0.793. The Labute approximate surface area is 180 Å². The Balaban J connectivity index is 1.36. The van der Waals surface area contributed by atoms with E-state index in [1.165, 1.54) is 0 Å². The van der Waals surface area contributed by atoms with E-state index in [2.05, 4.69) is 31.4 Å². The minimum atomic E-state index is -0.177. The fourth-order valence-electron chi connectivity index (χ4n) is 3.61. The molecule has 1 aromatic carbocycles. The molecule has 2 fully saturated rings. The Morgan fingerprint density at radius 3 is 2.60 bits per heavy atom. The third kappa shape index (κ3) is 4.68. The first-order chi connectivity index (χ1) is 14.6. The molecule has 0 unspecified atom stereocenters. The van der Waals surface area contributed by atoms with Crippen LogP contribution >= 0.6 is 11.6 Å². The van der Waals surface area contributed by atoms with Gasteiger partial charge in [-0.25, -0.2) is 4.79 Å². The Morgan fingerprint density at radius 2 is 1.87 bits per heavy atom. The van der Waals surface area contributed by atoms with Gasteiger partial charge in [0.1, 0.15) is 5.75 Å². The first-order valence-corrected chi connectivity index (χ1v) is 10.3. The number of carbonyl (C=O) groups is 1. The SMILES string of the molecule is COc1ccc(Cl)cc1NC(=O)N1CCN(c2cc(N3CCOCC3)cnn2)CC1. The van der Waals surface area contributed by atoms with Crippen LogP contribution in [0.2, 0.25) is 5.02 Å². The van der Waals surface area contributed by atoms with Gasteiger partial charge >= 0.3 is 6.03 Å². The number of anilines is 3. The summed E-state index contributed by atoms with van der Waals surface area (Å²) >= 11 is 6.05. The maximum atomic E-state index is 12.7. The first kappa shape index (κ1) is 20.5. The lowest BCUT2D eigenvalue weighted by Crippen LogP contribution is -2.50. The van der Waals surface area contributed by atoms with Gasteiger partial charge in [-0.1, -0.05) is 11.6 Å². The number of halogens is 1. The van der Waals surface area contributed by atoms with E-state index in [0.29, 0.717) is 42.6 Å². The third-order valence-electron chi connectivity index (χ3n) is 5.30. The van der Waals surface area contributed by atoms with Crippen LogP contribution in [0.1, 0.15) is 0 Å². The van der Waals surface area contributed by atoms with Crippen molar-refractivity contribution in [3.05, 3.63) is 35.5 Å². The van der Waals surface area contributed by atoms with Gasteiger partial charge in [-0.05, 0) is 18.2 Å². The van der Waals surface area contributed by atoms with Gasteiger partial charge < -0.3 is 29.5 Å². The molecule has 4 rings (SSSR count). The summed E-state index contributed by atoms with van der Waals surface area (Å²) in [5, 5.41) is 11.9. The molecule has 2 aliphatic heterocycles. The molecule has 9 nitrogen and oxygen atoms in total. The van der Waals surface area contributed by atoms with Gasteiger partial charge in [-0.3, -0.25) is 0 Å². The summed E-state index contributed by atoms with van der Waals surface area (Å²) in [5.41, 5.74) is 1.61. The molecule has 0 atom stereocenters. The molecular weight excluding hydrogens is 408 g/mol. The van der Waals surface area contributed by atoms with Gasteiger partial charge in [0.15, 0.2) is 5.82 Å². The van der Waals surface area contributed by atoms with Gasteiger partial charge in [-0.2, -0.15) is 5.10 Å². The summed E-state index contributed by atoms with van der Waals surface area (Å²) in [5.74, 6) is 1.40. The predicted octanol–water partition coefficient (Wildman–Crippen LogP) is 2.33. The van der Waals surface area contributed by atoms with Gasteiger partial charge in [0.2, 0.25) is 0 Å². The number of urea groups is 1. The molecule has 30 heavy (non-hydrogen) atoms. The Hall–Kier alpha value is -2.78.